The van der Waals surface area contributed by atoms with Crippen molar-refractivity contribution in [2.24, 2.45) is 0 Å². The van der Waals surface area contributed by atoms with Crippen LogP contribution in [0.5, 0.6) is 11.5 Å². The topological polar surface area (TPSA) is 18.5 Å². The summed E-state index contributed by atoms with van der Waals surface area (Å²) < 4.78 is 24.5. The van der Waals surface area contributed by atoms with E-state index in [1.54, 1.807) is 6.07 Å². The number of aryl methyl sites for hydroxylation is 1. The van der Waals surface area contributed by atoms with Crippen LogP contribution in [0.25, 0.3) is 0 Å². The van der Waals surface area contributed by atoms with Crippen LogP contribution in [0.15, 0.2) is 12.1 Å². The maximum absolute atomic E-state index is 13.8. The molecule has 0 saturated carbocycles. The zero-order valence-electron chi connectivity index (χ0n) is 10.6. The van der Waals surface area contributed by atoms with Gasteiger partial charge in [-0.15, -0.1) is 11.8 Å². The van der Waals surface area contributed by atoms with Crippen LogP contribution in [-0.2, 0) is 6.42 Å². The number of ether oxygens (including phenoxy) is 2. The van der Waals surface area contributed by atoms with E-state index in [9.17, 15) is 4.39 Å². The van der Waals surface area contributed by atoms with Gasteiger partial charge in [-0.05, 0) is 24.5 Å². The summed E-state index contributed by atoms with van der Waals surface area (Å²) in [5.74, 6) is 7.01. The van der Waals surface area contributed by atoms with Crippen LogP contribution < -0.4 is 9.47 Å². The molecular formula is C15H17FO2. The highest BCUT2D eigenvalue weighted by Gasteiger charge is 2.15. The first-order valence-electron chi connectivity index (χ1n) is 6.35. The monoisotopic (exact) mass is 248 g/mol. The number of fused-ring (bicyclic) bond motifs is 1. The van der Waals surface area contributed by atoms with Crippen LogP contribution >= 0.6 is 0 Å². The summed E-state index contributed by atoms with van der Waals surface area (Å²) in [6.45, 7) is 3.10. The van der Waals surface area contributed by atoms with Gasteiger partial charge in [0.15, 0.2) is 11.5 Å². The van der Waals surface area contributed by atoms with Crippen molar-refractivity contribution in [2.45, 2.75) is 32.6 Å². The Morgan fingerprint density at radius 2 is 1.78 bits per heavy atom. The lowest BCUT2D eigenvalue weighted by Gasteiger charge is -2.19. The smallest absolute Gasteiger partial charge is 0.164 e. The summed E-state index contributed by atoms with van der Waals surface area (Å²) in [5.41, 5.74) is 0.644. The molecule has 1 aliphatic rings. The molecule has 18 heavy (non-hydrogen) atoms. The average molecular weight is 248 g/mol. The second-order valence-electron chi connectivity index (χ2n) is 4.19. The van der Waals surface area contributed by atoms with Gasteiger partial charge >= 0.3 is 0 Å². The fraction of sp³-hybridized carbons (Fsp3) is 0.467. The Bertz CT molecular complexity index is 471. The predicted octanol–water partition coefficient (Wildman–Crippen LogP) is 3.33. The Morgan fingerprint density at radius 3 is 2.50 bits per heavy atom. The van der Waals surface area contributed by atoms with Gasteiger partial charge in [0.2, 0.25) is 0 Å². The van der Waals surface area contributed by atoms with Gasteiger partial charge in [-0.2, -0.15) is 0 Å². The molecule has 1 aromatic rings. The lowest BCUT2D eigenvalue weighted by atomic mass is 10.1. The minimum Gasteiger partial charge on any atom is -0.486 e. The average Bonchev–Trinajstić information content (AvgIpc) is 2.39. The second kappa shape index (κ2) is 6.30. The normalized spacial score (nSPS) is 12.8. The molecule has 0 N–H and O–H groups in total. The molecule has 0 radical (unpaired) electrons. The van der Waals surface area contributed by atoms with Gasteiger partial charge in [0.05, 0.1) is 0 Å². The summed E-state index contributed by atoms with van der Waals surface area (Å²) >= 11 is 0. The quantitative estimate of drug-likeness (QED) is 0.764. The summed E-state index contributed by atoms with van der Waals surface area (Å²) in [4.78, 5) is 0. The summed E-state index contributed by atoms with van der Waals surface area (Å²) in [6.07, 6.45) is 3.25. The van der Waals surface area contributed by atoms with Gasteiger partial charge in [0, 0.05) is 18.9 Å². The van der Waals surface area contributed by atoms with Crippen LogP contribution in [0.3, 0.4) is 0 Å². The Hall–Kier alpha value is -1.69. The lowest BCUT2D eigenvalue weighted by Crippen LogP contribution is -2.15. The van der Waals surface area contributed by atoms with Crippen molar-refractivity contribution >= 4 is 0 Å². The van der Waals surface area contributed by atoms with Crippen molar-refractivity contribution in [3.63, 3.8) is 0 Å². The molecule has 0 spiro atoms. The fourth-order valence-corrected chi connectivity index (χ4v) is 1.80. The zero-order valence-corrected chi connectivity index (χ0v) is 10.6. The highest BCUT2D eigenvalue weighted by atomic mass is 19.1. The van der Waals surface area contributed by atoms with Crippen LogP contribution in [0.2, 0.25) is 0 Å². The highest BCUT2D eigenvalue weighted by molar-refractivity contribution is 5.44. The molecular weight excluding hydrogens is 231 g/mol. The third-order valence-corrected chi connectivity index (χ3v) is 2.73. The van der Waals surface area contributed by atoms with E-state index in [0.29, 0.717) is 43.1 Å². The Kier molecular flexibility index (Phi) is 4.46. The van der Waals surface area contributed by atoms with E-state index >= 15 is 0 Å². The molecule has 0 fully saturated rings. The first-order chi connectivity index (χ1) is 8.81. The standard InChI is InChI=1S/C15H17FO2/c1-2-3-4-5-6-7-12-10-14-15(11-13(12)16)18-9-8-17-14/h10-11H,2-3,6-9H2,1H3. The Balaban J connectivity index is 2.02. The van der Waals surface area contributed by atoms with Crippen molar-refractivity contribution in [2.75, 3.05) is 13.2 Å². The number of rotatable bonds is 3. The third-order valence-electron chi connectivity index (χ3n) is 2.73. The van der Waals surface area contributed by atoms with Crippen molar-refractivity contribution in [3.8, 4) is 23.3 Å². The van der Waals surface area contributed by atoms with Crippen LogP contribution in [0, 0.1) is 17.7 Å². The van der Waals surface area contributed by atoms with Crippen LogP contribution in [-0.4, -0.2) is 13.2 Å². The SMILES string of the molecule is CCCC#CCCc1cc2c(cc1F)OCCO2. The first-order valence-corrected chi connectivity index (χ1v) is 6.35. The maximum Gasteiger partial charge on any atom is 0.164 e. The molecule has 0 saturated heterocycles. The molecule has 1 aliphatic heterocycles. The summed E-state index contributed by atoms with van der Waals surface area (Å²) in [7, 11) is 0. The van der Waals surface area contributed by atoms with Gasteiger partial charge in [-0.25, -0.2) is 4.39 Å². The highest BCUT2D eigenvalue weighted by Crippen LogP contribution is 2.32. The minimum absolute atomic E-state index is 0.239. The van der Waals surface area contributed by atoms with E-state index in [1.807, 2.05) is 0 Å². The molecule has 0 amide bonds. The van der Waals surface area contributed by atoms with Crippen molar-refractivity contribution in [3.05, 3.63) is 23.5 Å². The van der Waals surface area contributed by atoms with Gasteiger partial charge in [-0.3, -0.25) is 0 Å². The van der Waals surface area contributed by atoms with E-state index in [0.717, 1.165) is 12.8 Å². The van der Waals surface area contributed by atoms with E-state index in [-0.39, 0.29) is 5.82 Å². The van der Waals surface area contributed by atoms with Crippen molar-refractivity contribution < 1.29 is 13.9 Å². The van der Waals surface area contributed by atoms with Gasteiger partial charge in [0.25, 0.3) is 0 Å². The fourth-order valence-electron chi connectivity index (χ4n) is 1.80. The maximum atomic E-state index is 13.8. The van der Waals surface area contributed by atoms with E-state index < -0.39 is 0 Å². The summed E-state index contributed by atoms with van der Waals surface area (Å²) in [6, 6.07) is 3.13. The van der Waals surface area contributed by atoms with Crippen LogP contribution in [0.4, 0.5) is 4.39 Å². The van der Waals surface area contributed by atoms with Crippen molar-refractivity contribution in [1.29, 1.82) is 0 Å². The molecule has 0 aliphatic carbocycles. The molecule has 0 aromatic heterocycles. The molecule has 0 bridgehead atoms. The molecule has 3 heteroatoms. The van der Waals surface area contributed by atoms with E-state index in [1.165, 1.54) is 6.07 Å². The van der Waals surface area contributed by atoms with Crippen molar-refractivity contribution in [1.82, 2.24) is 0 Å². The zero-order chi connectivity index (χ0) is 12.8. The predicted molar refractivity (Wildman–Crippen MR) is 68.4 cm³/mol. The minimum atomic E-state index is -0.239. The number of benzene rings is 1. The van der Waals surface area contributed by atoms with E-state index in [4.69, 9.17) is 9.47 Å². The van der Waals surface area contributed by atoms with Gasteiger partial charge in [0.1, 0.15) is 19.0 Å². The number of halogens is 1. The molecule has 96 valence electrons. The molecule has 1 heterocycles. The molecule has 0 unspecified atom stereocenters. The second-order valence-corrected chi connectivity index (χ2v) is 4.19. The van der Waals surface area contributed by atoms with Gasteiger partial charge in [-0.1, -0.05) is 6.92 Å². The third kappa shape index (κ3) is 3.16. The first kappa shape index (κ1) is 12.8. The lowest BCUT2D eigenvalue weighted by molar-refractivity contribution is 0.170. The van der Waals surface area contributed by atoms with E-state index in [2.05, 4.69) is 18.8 Å². The number of hydrogen-bond acceptors (Lipinski definition) is 2. The largest absolute Gasteiger partial charge is 0.486 e. The molecule has 0 atom stereocenters. The summed E-state index contributed by atoms with van der Waals surface area (Å²) in [5, 5.41) is 0. The number of unbranched alkanes of at least 4 members (excludes halogenated alkanes) is 1. The number of hydrogen-bond donors (Lipinski definition) is 0. The van der Waals surface area contributed by atoms with Crippen LogP contribution in [0.1, 0.15) is 31.7 Å². The molecule has 2 nitrogen and oxygen atoms in total. The Morgan fingerprint density at radius 1 is 1.11 bits per heavy atom. The molecule has 1 aromatic carbocycles. The van der Waals surface area contributed by atoms with Gasteiger partial charge < -0.3 is 9.47 Å². The Labute approximate surface area is 107 Å². The molecule has 2 rings (SSSR count).